The van der Waals surface area contributed by atoms with E-state index in [1.165, 1.54) is 0 Å². The number of aromatic nitrogens is 1. The molecule has 0 atom stereocenters. The van der Waals surface area contributed by atoms with Crippen LogP contribution in [0.3, 0.4) is 0 Å². The number of rotatable bonds is 5. The Morgan fingerprint density at radius 1 is 1.44 bits per heavy atom. The van der Waals surface area contributed by atoms with Crippen molar-refractivity contribution in [3.8, 4) is 0 Å². The zero-order valence-corrected chi connectivity index (χ0v) is 11.3. The molecule has 94 valence electrons. The molecule has 0 saturated carbocycles. The Hall–Kier alpha value is -1.62. The van der Waals surface area contributed by atoms with Crippen LogP contribution in [0.15, 0.2) is 28.9 Å². The number of amides is 1. The molecule has 18 heavy (non-hydrogen) atoms. The number of hydrogen-bond donors (Lipinski definition) is 1. The summed E-state index contributed by atoms with van der Waals surface area (Å²) in [6, 6.07) is 5.81. The highest BCUT2D eigenvalue weighted by molar-refractivity contribution is 9.10. The molecule has 0 aliphatic heterocycles. The van der Waals surface area contributed by atoms with Gasteiger partial charge in [0.05, 0.1) is 0 Å². The molecule has 0 saturated heterocycles. The number of carbonyl (C=O) groups is 2. The fraction of sp³-hybridized carbons (Fsp3) is 0.231. The Kier molecular flexibility index (Phi) is 3.81. The highest BCUT2D eigenvalue weighted by atomic mass is 79.9. The molecular weight excluding hydrogens is 296 g/mol. The molecule has 2 aromatic rings. The molecule has 1 aromatic heterocycles. The summed E-state index contributed by atoms with van der Waals surface area (Å²) >= 11 is 3.39. The highest BCUT2D eigenvalue weighted by Crippen LogP contribution is 2.24. The number of aryl methyl sites for hydroxylation is 1. The molecule has 0 fully saturated rings. The van der Waals surface area contributed by atoms with E-state index in [4.69, 9.17) is 5.73 Å². The van der Waals surface area contributed by atoms with Gasteiger partial charge in [0, 0.05) is 40.1 Å². The highest BCUT2D eigenvalue weighted by Gasteiger charge is 2.08. The van der Waals surface area contributed by atoms with E-state index in [1.807, 2.05) is 29.0 Å². The van der Waals surface area contributed by atoms with Gasteiger partial charge in [-0.2, -0.15) is 0 Å². The predicted molar refractivity (Wildman–Crippen MR) is 73.5 cm³/mol. The van der Waals surface area contributed by atoms with Crippen LogP contribution in [-0.2, 0) is 11.3 Å². The predicted octanol–water partition coefficient (Wildman–Crippen LogP) is 2.48. The number of primary amides is 1. The van der Waals surface area contributed by atoms with Crippen LogP contribution in [0, 0.1) is 0 Å². The third kappa shape index (κ3) is 2.61. The third-order valence-electron chi connectivity index (χ3n) is 2.82. The molecule has 0 radical (unpaired) electrons. The largest absolute Gasteiger partial charge is 0.370 e. The summed E-state index contributed by atoms with van der Waals surface area (Å²) in [6.07, 6.45) is 3.69. The van der Waals surface area contributed by atoms with E-state index >= 15 is 0 Å². The molecule has 0 unspecified atom stereocenters. The lowest BCUT2D eigenvalue weighted by Crippen LogP contribution is -2.11. The maximum absolute atomic E-state index is 11.0. The minimum atomic E-state index is -0.301. The van der Waals surface area contributed by atoms with Crippen molar-refractivity contribution < 1.29 is 9.59 Å². The molecule has 5 heteroatoms. The molecular formula is C13H13BrN2O2. The average Bonchev–Trinajstić information content (AvgIpc) is 2.66. The zero-order valence-electron chi connectivity index (χ0n) is 9.73. The van der Waals surface area contributed by atoms with Gasteiger partial charge in [-0.1, -0.05) is 15.9 Å². The Morgan fingerprint density at radius 2 is 2.22 bits per heavy atom. The molecule has 0 aliphatic rings. The average molecular weight is 309 g/mol. The van der Waals surface area contributed by atoms with E-state index in [-0.39, 0.29) is 5.91 Å². The number of nitrogens with zero attached hydrogens (tertiary/aromatic N) is 1. The maximum atomic E-state index is 11.0. The Morgan fingerprint density at radius 3 is 2.89 bits per heavy atom. The number of hydrogen-bond acceptors (Lipinski definition) is 2. The number of halogens is 1. The van der Waals surface area contributed by atoms with E-state index in [1.54, 1.807) is 0 Å². The summed E-state index contributed by atoms with van der Waals surface area (Å²) in [5.41, 5.74) is 6.76. The number of carbonyl (C=O) groups excluding carboxylic acids is 2. The molecule has 0 aliphatic carbocycles. The van der Waals surface area contributed by atoms with Crippen LogP contribution in [0.25, 0.3) is 10.9 Å². The monoisotopic (exact) mass is 308 g/mol. The Balaban J connectivity index is 2.33. The Bertz CT molecular complexity index is 604. The number of nitrogens with two attached hydrogens (primary N) is 1. The second-order valence-electron chi connectivity index (χ2n) is 4.13. The molecule has 1 aromatic carbocycles. The molecule has 0 spiro atoms. The van der Waals surface area contributed by atoms with Crippen molar-refractivity contribution in [2.24, 2.45) is 5.73 Å². The van der Waals surface area contributed by atoms with Crippen LogP contribution >= 0.6 is 15.9 Å². The summed E-state index contributed by atoms with van der Waals surface area (Å²) in [5.74, 6) is -0.301. The Labute approximate surface area is 113 Å². The van der Waals surface area contributed by atoms with Crippen molar-refractivity contribution in [1.29, 1.82) is 0 Å². The summed E-state index contributed by atoms with van der Waals surface area (Å²) in [5, 5.41) is 0.915. The van der Waals surface area contributed by atoms with Crippen molar-refractivity contribution in [3.05, 3.63) is 34.4 Å². The first kappa shape index (κ1) is 12.8. The lowest BCUT2D eigenvalue weighted by atomic mass is 10.2. The summed E-state index contributed by atoms with van der Waals surface area (Å²) in [4.78, 5) is 21.7. The standard InChI is InChI=1S/C13H13BrN2O2/c14-10-3-4-12-11(6-10)9(8-17)7-16(12)5-1-2-13(15)18/h3-4,6-8H,1-2,5H2,(H2,15,18). The second-order valence-corrected chi connectivity index (χ2v) is 5.04. The van der Waals surface area contributed by atoms with Crippen molar-refractivity contribution in [1.82, 2.24) is 4.57 Å². The molecule has 1 amide bonds. The fourth-order valence-electron chi connectivity index (χ4n) is 2.00. The van der Waals surface area contributed by atoms with Gasteiger partial charge in [-0.3, -0.25) is 9.59 Å². The molecule has 0 bridgehead atoms. The van der Waals surface area contributed by atoms with Crippen molar-refractivity contribution in [2.75, 3.05) is 0 Å². The first-order chi connectivity index (χ1) is 8.61. The van der Waals surface area contributed by atoms with Crippen LogP contribution in [0.2, 0.25) is 0 Å². The molecule has 1 heterocycles. The fourth-order valence-corrected chi connectivity index (χ4v) is 2.36. The van der Waals surface area contributed by atoms with Gasteiger partial charge >= 0.3 is 0 Å². The van der Waals surface area contributed by atoms with Crippen LogP contribution in [0.5, 0.6) is 0 Å². The summed E-state index contributed by atoms with van der Waals surface area (Å²) in [7, 11) is 0. The van der Waals surface area contributed by atoms with E-state index < -0.39 is 0 Å². The van der Waals surface area contributed by atoms with Crippen LogP contribution in [-0.4, -0.2) is 16.8 Å². The first-order valence-corrected chi connectivity index (χ1v) is 6.43. The normalized spacial score (nSPS) is 10.7. The lowest BCUT2D eigenvalue weighted by molar-refractivity contribution is -0.118. The van der Waals surface area contributed by atoms with E-state index in [0.717, 1.165) is 21.7 Å². The number of fused-ring (bicyclic) bond motifs is 1. The van der Waals surface area contributed by atoms with E-state index in [2.05, 4.69) is 15.9 Å². The zero-order chi connectivity index (χ0) is 13.1. The lowest BCUT2D eigenvalue weighted by Gasteiger charge is -2.04. The van der Waals surface area contributed by atoms with Gasteiger partial charge in [0.2, 0.25) is 5.91 Å². The number of benzene rings is 1. The van der Waals surface area contributed by atoms with Crippen LogP contribution < -0.4 is 5.73 Å². The van der Waals surface area contributed by atoms with Crippen LogP contribution in [0.4, 0.5) is 0 Å². The molecule has 2 N–H and O–H groups in total. The quantitative estimate of drug-likeness (QED) is 0.862. The van der Waals surface area contributed by atoms with Crippen molar-refractivity contribution in [2.45, 2.75) is 19.4 Å². The third-order valence-corrected chi connectivity index (χ3v) is 3.32. The molecule has 2 rings (SSSR count). The van der Waals surface area contributed by atoms with Crippen molar-refractivity contribution >= 4 is 39.0 Å². The summed E-state index contributed by atoms with van der Waals surface area (Å²) in [6.45, 7) is 0.676. The summed E-state index contributed by atoms with van der Waals surface area (Å²) < 4.78 is 2.92. The van der Waals surface area contributed by atoms with Crippen molar-refractivity contribution in [3.63, 3.8) is 0 Å². The van der Waals surface area contributed by atoms with Gasteiger partial charge in [-0.25, -0.2) is 0 Å². The van der Waals surface area contributed by atoms with Gasteiger partial charge in [0.25, 0.3) is 0 Å². The van der Waals surface area contributed by atoms with Crippen LogP contribution in [0.1, 0.15) is 23.2 Å². The number of aldehydes is 1. The van der Waals surface area contributed by atoms with E-state index in [9.17, 15) is 9.59 Å². The topological polar surface area (TPSA) is 65.1 Å². The van der Waals surface area contributed by atoms with Gasteiger partial charge in [0.1, 0.15) is 0 Å². The maximum Gasteiger partial charge on any atom is 0.217 e. The van der Waals surface area contributed by atoms with Gasteiger partial charge in [-0.15, -0.1) is 0 Å². The molecule has 4 nitrogen and oxygen atoms in total. The van der Waals surface area contributed by atoms with E-state index in [0.29, 0.717) is 24.9 Å². The second kappa shape index (κ2) is 5.35. The van der Waals surface area contributed by atoms with Gasteiger partial charge in [0.15, 0.2) is 6.29 Å². The van der Waals surface area contributed by atoms with Gasteiger partial charge < -0.3 is 10.3 Å². The SMILES string of the molecule is NC(=O)CCCn1cc(C=O)c2cc(Br)ccc21. The minimum Gasteiger partial charge on any atom is -0.370 e. The van der Waals surface area contributed by atoms with Gasteiger partial charge in [-0.05, 0) is 24.6 Å². The smallest absolute Gasteiger partial charge is 0.217 e. The minimum absolute atomic E-state index is 0.301. The first-order valence-electron chi connectivity index (χ1n) is 5.63.